The van der Waals surface area contributed by atoms with Gasteiger partial charge in [0.1, 0.15) is 6.04 Å². The van der Waals surface area contributed by atoms with Gasteiger partial charge in [0.15, 0.2) is 0 Å². The van der Waals surface area contributed by atoms with Crippen LogP contribution in [-0.2, 0) is 19.1 Å². The SMILES string of the molecule is C=CCN(C(=O)C1N([C@H](C)CO)C(=O)[C@@H]2[C@@H](C(=O)OCC)[C@H]3CC(C)C12S3)C(C)CCC. The van der Waals surface area contributed by atoms with Gasteiger partial charge in [0.2, 0.25) is 11.8 Å². The number of likely N-dealkylation sites (tertiary alicyclic amines) is 1. The van der Waals surface area contributed by atoms with Crippen LogP contribution >= 0.6 is 11.8 Å². The van der Waals surface area contributed by atoms with E-state index >= 15 is 0 Å². The maximum absolute atomic E-state index is 14.2. The summed E-state index contributed by atoms with van der Waals surface area (Å²) in [5, 5.41) is 9.94. The largest absolute Gasteiger partial charge is 0.466 e. The maximum atomic E-state index is 14.2. The van der Waals surface area contributed by atoms with E-state index in [2.05, 4.69) is 20.4 Å². The first kappa shape index (κ1) is 25.1. The smallest absolute Gasteiger partial charge is 0.310 e. The van der Waals surface area contributed by atoms with Crippen molar-refractivity contribution in [1.29, 1.82) is 0 Å². The average Bonchev–Trinajstić information content (AvgIpc) is 3.35. The molecule has 3 aliphatic heterocycles. The quantitative estimate of drug-likeness (QED) is 0.393. The molecule has 3 fully saturated rings. The summed E-state index contributed by atoms with van der Waals surface area (Å²) in [6.45, 7) is 14.0. The first-order chi connectivity index (χ1) is 15.2. The van der Waals surface area contributed by atoms with E-state index in [-0.39, 0.29) is 48.2 Å². The number of carbonyl (C=O) groups excluding carboxylic acids is 3. The first-order valence-corrected chi connectivity index (χ1v) is 12.8. The molecular weight excluding hydrogens is 428 g/mol. The van der Waals surface area contributed by atoms with Gasteiger partial charge in [-0.2, -0.15) is 0 Å². The molecule has 0 aliphatic carbocycles. The summed E-state index contributed by atoms with van der Waals surface area (Å²) in [5.74, 6) is -1.71. The molecule has 3 aliphatic rings. The number of hydrogen-bond donors (Lipinski definition) is 1. The van der Waals surface area contributed by atoms with Gasteiger partial charge >= 0.3 is 5.97 Å². The Balaban J connectivity index is 2.10. The predicted octanol–water partition coefficient (Wildman–Crippen LogP) is 2.47. The second-order valence-electron chi connectivity index (χ2n) is 9.50. The van der Waals surface area contributed by atoms with Crippen LogP contribution in [0.25, 0.3) is 0 Å². The van der Waals surface area contributed by atoms with Gasteiger partial charge in [-0.25, -0.2) is 0 Å². The van der Waals surface area contributed by atoms with Crippen molar-refractivity contribution in [3.8, 4) is 0 Å². The molecule has 0 aromatic carbocycles. The Hall–Kier alpha value is -1.54. The van der Waals surface area contributed by atoms with Gasteiger partial charge < -0.3 is 19.6 Å². The molecular formula is C24H38N2O5S. The minimum absolute atomic E-state index is 0.00194. The Morgan fingerprint density at radius 3 is 2.66 bits per heavy atom. The fourth-order valence-electron chi connectivity index (χ4n) is 6.16. The lowest BCUT2D eigenvalue weighted by atomic mass is 9.66. The number of carbonyl (C=O) groups is 3. The number of ether oxygens (including phenoxy) is 1. The van der Waals surface area contributed by atoms with E-state index in [0.717, 1.165) is 19.3 Å². The van der Waals surface area contributed by atoms with Gasteiger partial charge in [-0.3, -0.25) is 14.4 Å². The van der Waals surface area contributed by atoms with Crippen molar-refractivity contribution < 1.29 is 24.2 Å². The molecule has 3 rings (SSSR count). The summed E-state index contributed by atoms with van der Waals surface area (Å²) in [5.41, 5.74) is 0. The molecule has 1 N–H and O–H groups in total. The second-order valence-corrected chi connectivity index (χ2v) is 11.0. The summed E-state index contributed by atoms with van der Waals surface area (Å²) in [6, 6.07) is -1.23. The molecule has 0 radical (unpaired) electrons. The van der Waals surface area contributed by atoms with E-state index in [1.807, 2.05) is 11.8 Å². The third kappa shape index (κ3) is 3.67. The van der Waals surface area contributed by atoms with Gasteiger partial charge in [0.05, 0.1) is 35.8 Å². The summed E-state index contributed by atoms with van der Waals surface area (Å²) in [4.78, 5) is 44.3. The number of esters is 1. The monoisotopic (exact) mass is 466 g/mol. The lowest BCUT2D eigenvalue weighted by Crippen LogP contribution is -2.60. The van der Waals surface area contributed by atoms with Crippen molar-refractivity contribution in [2.24, 2.45) is 17.8 Å². The zero-order valence-electron chi connectivity index (χ0n) is 20.0. The van der Waals surface area contributed by atoms with Crippen LogP contribution in [0.4, 0.5) is 0 Å². The minimum atomic E-state index is -0.717. The molecule has 7 nitrogen and oxygen atoms in total. The van der Waals surface area contributed by atoms with Crippen LogP contribution in [0.2, 0.25) is 0 Å². The van der Waals surface area contributed by atoms with E-state index in [0.29, 0.717) is 6.54 Å². The number of fused-ring (bicyclic) bond motifs is 1. The number of aliphatic hydroxyl groups is 1. The molecule has 2 bridgehead atoms. The van der Waals surface area contributed by atoms with Crippen LogP contribution in [-0.4, -0.2) is 80.6 Å². The van der Waals surface area contributed by atoms with Gasteiger partial charge in [0.25, 0.3) is 0 Å². The van der Waals surface area contributed by atoms with Crippen LogP contribution in [0.3, 0.4) is 0 Å². The van der Waals surface area contributed by atoms with E-state index in [4.69, 9.17) is 4.74 Å². The van der Waals surface area contributed by atoms with E-state index in [9.17, 15) is 19.5 Å². The van der Waals surface area contributed by atoms with Crippen molar-refractivity contribution in [3.63, 3.8) is 0 Å². The van der Waals surface area contributed by atoms with Crippen molar-refractivity contribution in [2.75, 3.05) is 19.8 Å². The van der Waals surface area contributed by atoms with Crippen molar-refractivity contribution in [1.82, 2.24) is 9.80 Å². The highest BCUT2D eigenvalue weighted by Crippen LogP contribution is 2.69. The van der Waals surface area contributed by atoms with Gasteiger partial charge in [0, 0.05) is 17.8 Å². The fourth-order valence-corrected chi connectivity index (χ4v) is 8.55. The normalized spacial score (nSPS) is 34.9. The fraction of sp³-hybridized carbons (Fsp3) is 0.792. The third-order valence-corrected chi connectivity index (χ3v) is 9.64. The molecule has 3 heterocycles. The van der Waals surface area contributed by atoms with Crippen molar-refractivity contribution in [2.45, 2.75) is 82.0 Å². The molecule has 0 saturated carbocycles. The molecule has 2 amide bonds. The minimum Gasteiger partial charge on any atom is -0.466 e. The van der Waals surface area contributed by atoms with Gasteiger partial charge in [-0.1, -0.05) is 26.3 Å². The zero-order chi connectivity index (χ0) is 23.8. The Labute approximate surface area is 195 Å². The topological polar surface area (TPSA) is 87.2 Å². The van der Waals surface area contributed by atoms with Crippen LogP contribution < -0.4 is 0 Å². The Morgan fingerprint density at radius 2 is 2.09 bits per heavy atom. The van der Waals surface area contributed by atoms with Crippen LogP contribution in [0.1, 0.15) is 53.9 Å². The second kappa shape index (κ2) is 9.75. The highest BCUT2D eigenvalue weighted by molar-refractivity contribution is 8.02. The number of nitrogens with zero attached hydrogens (tertiary/aromatic N) is 2. The Morgan fingerprint density at radius 1 is 1.41 bits per heavy atom. The summed E-state index contributed by atoms with van der Waals surface area (Å²) >= 11 is 1.63. The average molecular weight is 467 g/mol. The van der Waals surface area contributed by atoms with Crippen LogP contribution in [0.5, 0.6) is 0 Å². The first-order valence-electron chi connectivity index (χ1n) is 11.9. The molecule has 0 aromatic rings. The molecule has 1 spiro atoms. The molecule has 8 heteroatoms. The summed E-state index contributed by atoms with van der Waals surface area (Å²) < 4.78 is 4.67. The van der Waals surface area contributed by atoms with Gasteiger partial charge in [-0.15, -0.1) is 18.3 Å². The highest BCUT2D eigenvalue weighted by atomic mass is 32.2. The van der Waals surface area contributed by atoms with Crippen LogP contribution in [0.15, 0.2) is 12.7 Å². The molecule has 180 valence electrons. The van der Waals surface area contributed by atoms with Crippen LogP contribution in [0, 0.1) is 17.8 Å². The number of amides is 2. The molecule has 3 saturated heterocycles. The predicted molar refractivity (Wildman–Crippen MR) is 125 cm³/mol. The molecule has 8 atom stereocenters. The Kier molecular flexibility index (Phi) is 7.65. The summed E-state index contributed by atoms with van der Waals surface area (Å²) in [7, 11) is 0. The van der Waals surface area contributed by atoms with Crippen molar-refractivity contribution in [3.05, 3.63) is 12.7 Å². The number of aliphatic hydroxyl groups excluding tert-OH is 1. The standard InChI is InChI=1S/C24H38N2O5S/c1-7-10-15(5)25(11-8-2)22(29)20-24-14(4)12-17(32-24)18(23(30)31-9-3)19(24)21(28)26(20)16(6)13-27/h8,14-20,27H,2,7,9-13H2,1,3-6H3/t14?,15?,16-,17-,18+,19+,20?,24?/m1/s1. The molecule has 32 heavy (non-hydrogen) atoms. The highest BCUT2D eigenvalue weighted by Gasteiger charge is 2.77. The van der Waals surface area contributed by atoms with E-state index in [1.54, 1.807) is 36.6 Å². The molecule has 4 unspecified atom stereocenters. The van der Waals surface area contributed by atoms with Crippen molar-refractivity contribution >= 4 is 29.5 Å². The zero-order valence-corrected chi connectivity index (χ0v) is 20.8. The Bertz CT molecular complexity index is 761. The number of rotatable bonds is 10. The maximum Gasteiger partial charge on any atom is 0.310 e. The van der Waals surface area contributed by atoms with E-state index in [1.165, 1.54) is 0 Å². The summed E-state index contributed by atoms with van der Waals surface area (Å²) in [6.07, 6.45) is 4.28. The van der Waals surface area contributed by atoms with Gasteiger partial charge in [-0.05, 0) is 39.5 Å². The van der Waals surface area contributed by atoms with E-state index < -0.39 is 28.7 Å². The third-order valence-electron chi connectivity index (χ3n) is 7.56. The lowest BCUT2D eigenvalue weighted by molar-refractivity contribution is -0.154. The number of hydrogen-bond acceptors (Lipinski definition) is 6. The number of thioether (sulfide) groups is 1. The molecule has 0 aromatic heterocycles. The lowest BCUT2D eigenvalue weighted by Gasteiger charge is -2.42.